The summed E-state index contributed by atoms with van der Waals surface area (Å²) in [5.41, 5.74) is 1.25. The number of nitrogens with zero attached hydrogens (tertiary/aromatic N) is 2. The number of likely N-dealkylation sites (tertiary alicyclic amines) is 2. The molecular weight excluding hydrogens is 320 g/mol. The molecule has 1 N–H and O–H groups in total. The van der Waals surface area contributed by atoms with Crippen LogP contribution in [0.5, 0.6) is 0 Å². The molecule has 0 bridgehead atoms. The van der Waals surface area contributed by atoms with E-state index >= 15 is 0 Å². The van der Waals surface area contributed by atoms with Gasteiger partial charge in [-0.05, 0) is 32.3 Å². The summed E-state index contributed by atoms with van der Waals surface area (Å²) in [4.78, 5) is 39.8. The molecule has 2 saturated heterocycles. The molecule has 0 radical (unpaired) electrons. The fourth-order valence-electron chi connectivity index (χ4n) is 3.61. The SMILES string of the molecule is Cc1ccc(CN2C(=O)CC[C@@H]2C(=O)N2CC[C@](C)(C(=O)O)C2)cc1. The number of benzene rings is 1. The van der Waals surface area contributed by atoms with Crippen LogP contribution in [0.4, 0.5) is 0 Å². The molecule has 0 unspecified atom stereocenters. The van der Waals surface area contributed by atoms with Crippen molar-refractivity contribution in [2.45, 2.75) is 45.7 Å². The molecule has 6 heteroatoms. The Labute approximate surface area is 147 Å². The van der Waals surface area contributed by atoms with Gasteiger partial charge in [0.1, 0.15) is 6.04 Å². The van der Waals surface area contributed by atoms with Gasteiger partial charge >= 0.3 is 5.97 Å². The van der Waals surface area contributed by atoms with Crippen LogP contribution in [0.3, 0.4) is 0 Å². The van der Waals surface area contributed by atoms with E-state index in [0.29, 0.717) is 32.4 Å². The monoisotopic (exact) mass is 344 g/mol. The minimum atomic E-state index is -0.889. The summed E-state index contributed by atoms with van der Waals surface area (Å²) in [6.45, 7) is 4.74. The van der Waals surface area contributed by atoms with E-state index < -0.39 is 17.4 Å². The first kappa shape index (κ1) is 17.5. The molecule has 2 aliphatic rings. The molecule has 2 aliphatic heterocycles. The molecule has 6 nitrogen and oxygen atoms in total. The van der Waals surface area contributed by atoms with Crippen molar-refractivity contribution in [3.8, 4) is 0 Å². The normalized spacial score (nSPS) is 26.3. The van der Waals surface area contributed by atoms with Crippen LogP contribution in [0.1, 0.15) is 37.3 Å². The first-order chi connectivity index (χ1) is 11.8. The quantitative estimate of drug-likeness (QED) is 0.904. The van der Waals surface area contributed by atoms with Crippen LogP contribution in [0.2, 0.25) is 0 Å². The summed E-state index contributed by atoms with van der Waals surface area (Å²) in [6, 6.07) is 7.45. The van der Waals surface area contributed by atoms with E-state index in [-0.39, 0.29) is 18.4 Å². The summed E-state index contributed by atoms with van der Waals surface area (Å²) in [5.74, 6) is -1.01. The van der Waals surface area contributed by atoms with Gasteiger partial charge in [0.2, 0.25) is 11.8 Å². The fourth-order valence-corrected chi connectivity index (χ4v) is 3.61. The van der Waals surface area contributed by atoms with E-state index in [1.807, 2.05) is 31.2 Å². The second kappa shape index (κ2) is 6.50. The Morgan fingerprint density at radius 2 is 1.96 bits per heavy atom. The van der Waals surface area contributed by atoms with Crippen molar-refractivity contribution in [2.75, 3.05) is 13.1 Å². The number of carboxylic acid groups (broad SMARTS) is 1. The summed E-state index contributed by atoms with van der Waals surface area (Å²) in [5, 5.41) is 9.35. The maximum Gasteiger partial charge on any atom is 0.311 e. The molecule has 134 valence electrons. The topological polar surface area (TPSA) is 77.9 Å². The minimum Gasteiger partial charge on any atom is -0.481 e. The van der Waals surface area contributed by atoms with Gasteiger partial charge in [-0.3, -0.25) is 14.4 Å². The highest BCUT2D eigenvalue weighted by Crippen LogP contribution is 2.32. The van der Waals surface area contributed by atoms with Gasteiger partial charge in [-0.2, -0.15) is 0 Å². The second-order valence-corrected chi connectivity index (χ2v) is 7.44. The lowest BCUT2D eigenvalue weighted by molar-refractivity contribution is -0.148. The third-order valence-corrected chi connectivity index (χ3v) is 5.39. The van der Waals surface area contributed by atoms with Crippen molar-refractivity contribution in [1.82, 2.24) is 9.80 Å². The molecule has 2 heterocycles. The fraction of sp³-hybridized carbons (Fsp3) is 0.526. The highest BCUT2D eigenvalue weighted by molar-refractivity contribution is 5.91. The van der Waals surface area contributed by atoms with Gasteiger partial charge in [0.05, 0.1) is 5.41 Å². The van der Waals surface area contributed by atoms with Crippen molar-refractivity contribution in [3.05, 3.63) is 35.4 Å². The summed E-state index contributed by atoms with van der Waals surface area (Å²) >= 11 is 0. The average molecular weight is 344 g/mol. The molecule has 2 atom stereocenters. The van der Waals surface area contributed by atoms with E-state index in [1.54, 1.807) is 16.7 Å². The number of carbonyl (C=O) groups excluding carboxylic acids is 2. The molecule has 0 spiro atoms. The Bertz CT molecular complexity index is 700. The van der Waals surface area contributed by atoms with Crippen LogP contribution in [0.25, 0.3) is 0 Å². The zero-order valence-electron chi connectivity index (χ0n) is 14.7. The second-order valence-electron chi connectivity index (χ2n) is 7.44. The number of aliphatic carboxylic acids is 1. The highest BCUT2D eigenvalue weighted by Gasteiger charge is 2.46. The van der Waals surface area contributed by atoms with Gasteiger partial charge < -0.3 is 14.9 Å². The van der Waals surface area contributed by atoms with Crippen molar-refractivity contribution in [3.63, 3.8) is 0 Å². The largest absolute Gasteiger partial charge is 0.481 e. The maximum absolute atomic E-state index is 12.9. The molecule has 2 amide bonds. The Hall–Kier alpha value is -2.37. The number of carbonyl (C=O) groups is 3. The van der Waals surface area contributed by atoms with Gasteiger partial charge in [-0.1, -0.05) is 29.8 Å². The first-order valence-electron chi connectivity index (χ1n) is 8.67. The molecule has 1 aromatic rings. The van der Waals surface area contributed by atoms with E-state index in [2.05, 4.69) is 0 Å². The first-order valence-corrected chi connectivity index (χ1v) is 8.67. The third kappa shape index (κ3) is 3.38. The Kier molecular flexibility index (Phi) is 4.54. The highest BCUT2D eigenvalue weighted by atomic mass is 16.4. The Morgan fingerprint density at radius 1 is 1.28 bits per heavy atom. The van der Waals surface area contributed by atoms with Crippen molar-refractivity contribution in [1.29, 1.82) is 0 Å². The van der Waals surface area contributed by atoms with Crippen molar-refractivity contribution < 1.29 is 19.5 Å². The van der Waals surface area contributed by atoms with Gasteiger partial charge in [0, 0.05) is 26.1 Å². The molecular formula is C19H24N2O4. The number of aryl methyl sites for hydroxylation is 1. The van der Waals surface area contributed by atoms with Gasteiger partial charge in [0.15, 0.2) is 0 Å². The molecule has 0 aromatic heterocycles. The van der Waals surface area contributed by atoms with E-state index in [0.717, 1.165) is 11.1 Å². The maximum atomic E-state index is 12.9. The van der Waals surface area contributed by atoms with Crippen molar-refractivity contribution in [2.24, 2.45) is 5.41 Å². The van der Waals surface area contributed by atoms with Gasteiger partial charge in [-0.15, -0.1) is 0 Å². The summed E-state index contributed by atoms with van der Waals surface area (Å²) in [6.07, 6.45) is 1.32. The molecule has 3 rings (SSSR count). The third-order valence-electron chi connectivity index (χ3n) is 5.39. The Balaban J connectivity index is 1.72. The van der Waals surface area contributed by atoms with Crippen LogP contribution in [0, 0.1) is 12.3 Å². The minimum absolute atomic E-state index is 0.0147. The number of hydrogen-bond acceptors (Lipinski definition) is 3. The zero-order chi connectivity index (χ0) is 18.2. The number of amides is 2. The van der Waals surface area contributed by atoms with Gasteiger partial charge in [-0.25, -0.2) is 0 Å². The number of carboxylic acids is 1. The van der Waals surface area contributed by atoms with Crippen LogP contribution >= 0.6 is 0 Å². The van der Waals surface area contributed by atoms with Crippen LogP contribution in [-0.4, -0.2) is 51.8 Å². The van der Waals surface area contributed by atoms with Gasteiger partial charge in [0.25, 0.3) is 0 Å². The Morgan fingerprint density at radius 3 is 2.56 bits per heavy atom. The lowest BCUT2D eigenvalue weighted by atomic mass is 9.90. The summed E-state index contributed by atoms with van der Waals surface area (Å²) < 4.78 is 0. The van der Waals surface area contributed by atoms with E-state index in [4.69, 9.17) is 0 Å². The molecule has 2 fully saturated rings. The predicted molar refractivity (Wildman–Crippen MR) is 91.7 cm³/mol. The number of rotatable bonds is 4. The van der Waals surface area contributed by atoms with Crippen molar-refractivity contribution >= 4 is 17.8 Å². The zero-order valence-corrected chi connectivity index (χ0v) is 14.7. The molecule has 25 heavy (non-hydrogen) atoms. The summed E-state index contributed by atoms with van der Waals surface area (Å²) in [7, 11) is 0. The smallest absolute Gasteiger partial charge is 0.311 e. The number of hydrogen-bond donors (Lipinski definition) is 1. The standard InChI is InChI=1S/C19H24N2O4/c1-13-3-5-14(6-4-13)11-21-15(7-8-16(21)22)17(23)20-10-9-19(2,12-20)18(24)25/h3-6,15H,7-12H2,1-2H3,(H,24,25)/t15-,19+/m1/s1. The van der Waals surface area contributed by atoms with E-state index in [9.17, 15) is 19.5 Å². The van der Waals surface area contributed by atoms with Crippen LogP contribution < -0.4 is 0 Å². The van der Waals surface area contributed by atoms with E-state index in [1.165, 1.54) is 0 Å². The lowest BCUT2D eigenvalue weighted by Crippen LogP contribution is -2.46. The molecule has 0 aliphatic carbocycles. The molecule has 1 aromatic carbocycles. The lowest BCUT2D eigenvalue weighted by Gasteiger charge is -2.29. The predicted octanol–water partition coefficient (Wildman–Crippen LogP) is 1.81. The van der Waals surface area contributed by atoms with Crippen LogP contribution in [0.15, 0.2) is 24.3 Å². The molecule has 0 saturated carbocycles. The van der Waals surface area contributed by atoms with Crippen LogP contribution in [-0.2, 0) is 20.9 Å². The average Bonchev–Trinajstić information content (AvgIpc) is 3.14.